The number of halogens is 1. The molecule has 2 aromatic heterocycles. The molecule has 5 rings (SSSR count). The van der Waals surface area contributed by atoms with Gasteiger partial charge in [-0.1, -0.05) is 49.6 Å². The van der Waals surface area contributed by atoms with Crippen molar-refractivity contribution in [2.45, 2.75) is 78.4 Å². The Morgan fingerprint density at radius 1 is 1.08 bits per heavy atom. The summed E-state index contributed by atoms with van der Waals surface area (Å²) >= 11 is 0. The van der Waals surface area contributed by atoms with Crippen LogP contribution in [0.25, 0.3) is 22.3 Å². The van der Waals surface area contributed by atoms with E-state index in [4.69, 9.17) is 9.97 Å². The van der Waals surface area contributed by atoms with Crippen LogP contribution in [0.3, 0.4) is 0 Å². The maximum Gasteiger partial charge on any atom is 0.227 e. The number of aromatic nitrogens is 4. The minimum Gasteiger partial charge on any atom is -0.370 e. The maximum atomic E-state index is 13.6. The highest BCUT2D eigenvalue weighted by atomic mass is 19.1. The van der Waals surface area contributed by atoms with Gasteiger partial charge in [-0.05, 0) is 68.0 Å². The molecule has 2 heterocycles. The number of nitrogens with two attached hydrogens (primary N) is 1. The average molecular weight is 532 g/mol. The van der Waals surface area contributed by atoms with Gasteiger partial charge < -0.3 is 20.9 Å². The Kier molecular flexibility index (Phi) is 9.11. The fourth-order valence-corrected chi connectivity index (χ4v) is 4.74. The van der Waals surface area contributed by atoms with E-state index in [9.17, 15) is 9.18 Å². The van der Waals surface area contributed by atoms with Crippen LogP contribution in [0.4, 0.5) is 16.2 Å². The fraction of sp³-hybridized carbons (Fsp3) is 0.400. The van der Waals surface area contributed by atoms with Crippen LogP contribution in [0.5, 0.6) is 0 Å². The number of hydrogen-bond acceptors (Lipinski definition) is 6. The zero-order valence-corrected chi connectivity index (χ0v) is 23.2. The first kappa shape index (κ1) is 28.0. The minimum absolute atomic E-state index is 0.178. The first-order valence-electron chi connectivity index (χ1n) is 13.6. The van der Waals surface area contributed by atoms with E-state index in [0.717, 1.165) is 46.5 Å². The van der Waals surface area contributed by atoms with Crippen molar-refractivity contribution in [3.63, 3.8) is 0 Å². The van der Waals surface area contributed by atoms with Gasteiger partial charge in [-0.25, -0.2) is 9.37 Å². The largest absolute Gasteiger partial charge is 0.370 e. The van der Waals surface area contributed by atoms with Crippen LogP contribution in [-0.2, 0) is 11.3 Å². The molecule has 4 N–H and O–H groups in total. The Hall–Kier alpha value is -4.01. The number of hydrogen-bond donors (Lipinski definition) is 3. The van der Waals surface area contributed by atoms with Crippen LogP contribution in [-0.4, -0.2) is 31.5 Å². The van der Waals surface area contributed by atoms with Crippen molar-refractivity contribution in [3.05, 3.63) is 65.7 Å². The number of rotatable bonds is 7. The maximum absolute atomic E-state index is 13.6. The molecule has 0 radical (unpaired) electrons. The van der Waals surface area contributed by atoms with Crippen LogP contribution in [0, 0.1) is 12.7 Å². The van der Waals surface area contributed by atoms with E-state index >= 15 is 0 Å². The highest BCUT2D eigenvalue weighted by Gasteiger charge is 2.18. The van der Waals surface area contributed by atoms with Crippen molar-refractivity contribution >= 4 is 28.8 Å². The summed E-state index contributed by atoms with van der Waals surface area (Å²) in [6, 6.07) is 14.2. The van der Waals surface area contributed by atoms with Crippen LogP contribution in [0.2, 0.25) is 0 Å². The number of amides is 1. The molecule has 206 valence electrons. The molecule has 4 aromatic rings. The number of nitrogens with one attached hydrogen (secondary N) is 2. The lowest BCUT2D eigenvalue weighted by atomic mass is 9.96. The second kappa shape index (κ2) is 12.7. The molecule has 1 aliphatic rings. The van der Waals surface area contributed by atoms with Crippen LogP contribution in [0.1, 0.15) is 70.0 Å². The lowest BCUT2D eigenvalue weighted by molar-refractivity contribution is -0.115. The van der Waals surface area contributed by atoms with Crippen molar-refractivity contribution in [2.24, 2.45) is 5.73 Å². The first-order chi connectivity index (χ1) is 18.7. The molecule has 0 saturated heterocycles. The SMILES string of the molecule is CC(N)=O.Cc1cc(-c2ccc(CNc3nc(NC4CCCCC4)nc4c3ncn4C(C)C)cc2)ccc1F. The molecule has 1 saturated carbocycles. The Bertz CT molecular complexity index is 1410. The molecule has 8 nitrogen and oxygen atoms in total. The molecule has 1 amide bonds. The van der Waals surface area contributed by atoms with Gasteiger partial charge in [-0.15, -0.1) is 0 Å². The van der Waals surface area contributed by atoms with Crippen molar-refractivity contribution in [1.29, 1.82) is 0 Å². The molecule has 1 aliphatic carbocycles. The van der Waals surface area contributed by atoms with E-state index in [1.54, 1.807) is 6.92 Å². The standard InChI is InChI=1S/C28H33FN6.C2H5NO/c1-18(2)35-17-31-25-26(33-28(34-27(25)35)32-23-7-5-4-6-8-23)30-16-20-9-11-21(12-10-20)22-13-14-24(29)19(3)15-22;1-2(3)4/h9-15,17-18,23H,4-8,16H2,1-3H3,(H2,30,32,33,34);1H3,(H2,3,4). The third-order valence-corrected chi connectivity index (χ3v) is 6.82. The summed E-state index contributed by atoms with van der Waals surface area (Å²) in [6.45, 7) is 7.98. The normalized spacial score (nSPS) is 13.7. The topological polar surface area (TPSA) is 111 Å². The minimum atomic E-state index is -0.333. The predicted molar refractivity (Wildman–Crippen MR) is 155 cm³/mol. The lowest BCUT2D eigenvalue weighted by Gasteiger charge is -2.23. The van der Waals surface area contributed by atoms with Crippen molar-refractivity contribution in [2.75, 3.05) is 10.6 Å². The molecular weight excluding hydrogens is 493 g/mol. The number of fused-ring (bicyclic) bond motifs is 1. The Labute approximate surface area is 229 Å². The van der Waals surface area contributed by atoms with E-state index in [0.29, 0.717) is 24.1 Å². The highest BCUT2D eigenvalue weighted by Crippen LogP contribution is 2.27. The van der Waals surface area contributed by atoms with Gasteiger partial charge in [0.05, 0.1) is 6.33 Å². The number of imidazole rings is 1. The summed E-state index contributed by atoms with van der Waals surface area (Å²) in [5, 5.41) is 7.06. The number of nitrogens with zero attached hydrogens (tertiary/aromatic N) is 4. The van der Waals surface area contributed by atoms with Crippen molar-refractivity contribution in [1.82, 2.24) is 19.5 Å². The lowest BCUT2D eigenvalue weighted by Crippen LogP contribution is -2.24. The first-order valence-corrected chi connectivity index (χ1v) is 13.6. The molecule has 0 bridgehead atoms. The van der Waals surface area contributed by atoms with Gasteiger partial charge >= 0.3 is 0 Å². The van der Waals surface area contributed by atoms with Gasteiger partial charge in [0, 0.05) is 25.6 Å². The van der Waals surface area contributed by atoms with Gasteiger partial charge in [0.15, 0.2) is 17.0 Å². The number of anilines is 2. The zero-order valence-electron chi connectivity index (χ0n) is 23.2. The van der Waals surface area contributed by atoms with Gasteiger partial charge in [0.2, 0.25) is 11.9 Å². The third-order valence-electron chi connectivity index (χ3n) is 6.82. The predicted octanol–water partition coefficient (Wildman–Crippen LogP) is 6.37. The summed E-state index contributed by atoms with van der Waals surface area (Å²) in [5.41, 5.74) is 9.96. The van der Waals surface area contributed by atoms with Gasteiger partial charge in [-0.2, -0.15) is 9.97 Å². The zero-order chi connectivity index (χ0) is 27.9. The quantitative estimate of drug-likeness (QED) is 0.256. The molecule has 39 heavy (non-hydrogen) atoms. The smallest absolute Gasteiger partial charge is 0.227 e. The fourth-order valence-electron chi connectivity index (χ4n) is 4.74. The number of benzene rings is 2. The molecule has 1 fully saturated rings. The Morgan fingerprint density at radius 3 is 2.38 bits per heavy atom. The summed E-state index contributed by atoms with van der Waals surface area (Å²) in [6.07, 6.45) is 7.98. The van der Waals surface area contributed by atoms with Crippen LogP contribution >= 0.6 is 0 Å². The summed E-state index contributed by atoms with van der Waals surface area (Å²) in [7, 11) is 0. The van der Waals surface area contributed by atoms with Gasteiger partial charge in [-0.3, -0.25) is 4.79 Å². The van der Waals surface area contributed by atoms with E-state index in [-0.39, 0.29) is 17.8 Å². The summed E-state index contributed by atoms with van der Waals surface area (Å²) < 4.78 is 15.7. The molecule has 9 heteroatoms. The molecule has 0 atom stereocenters. The molecule has 0 unspecified atom stereocenters. The molecular formula is C30H38FN7O. The van der Waals surface area contributed by atoms with Crippen LogP contribution < -0.4 is 16.4 Å². The van der Waals surface area contributed by atoms with Crippen molar-refractivity contribution in [3.8, 4) is 11.1 Å². The molecule has 0 aliphatic heterocycles. The second-order valence-corrected chi connectivity index (χ2v) is 10.4. The number of primary amides is 1. The van der Waals surface area contributed by atoms with E-state index in [1.165, 1.54) is 32.3 Å². The molecule has 0 spiro atoms. The second-order valence-electron chi connectivity index (χ2n) is 10.4. The average Bonchev–Trinajstić information content (AvgIpc) is 3.34. The number of aryl methyl sites for hydroxylation is 1. The molecule has 2 aromatic carbocycles. The highest BCUT2D eigenvalue weighted by molar-refractivity contribution is 5.84. The Morgan fingerprint density at radius 2 is 1.74 bits per heavy atom. The van der Waals surface area contributed by atoms with Gasteiger partial charge in [0.25, 0.3) is 0 Å². The van der Waals surface area contributed by atoms with Crippen LogP contribution in [0.15, 0.2) is 48.8 Å². The number of carbonyl (C=O) groups is 1. The summed E-state index contributed by atoms with van der Waals surface area (Å²) in [5.74, 6) is 0.894. The number of carbonyl (C=O) groups excluding carboxylic acids is 1. The summed E-state index contributed by atoms with van der Waals surface area (Å²) in [4.78, 5) is 23.5. The Balaban J connectivity index is 0.000000826. The van der Waals surface area contributed by atoms with E-state index in [1.807, 2.05) is 18.5 Å². The van der Waals surface area contributed by atoms with Crippen molar-refractivity contribution < 1.29 is 9.18 Å². The van der Waals surface area contributed by atoms with E-state index < -0.39 is 0 Å². The van der Waals surface area contributed by atoms with Gasteiger partial charge in [0.1, 0.15) is 5.82 Å². The van der Waals surface area contributed by atoms with E-state index in [2.05, 4.69) is 64.0 Å². The third kappa shape index (κ3) is 7.31. The monoisotopic (exact) mass is 531 g/mol.